The summed E-state index contributed by atoms with van der Waals surface area (Å²) in [5.41, 5.74) is 1.75. The van der Waals surface area contributed by atoms with Gasteiger partial charge in [0.25, 0.3) is 0 Å². The molecule has 1 aromatic carbocycles. The van der Waals surface area contributed by atoms with Gasteiger partial charge < -0.3 is 13.9 Å². The second-order valence-electron chi connectivity index (χ2n) is 6.15. The van der Waals surface area contributed by atoms with Gasteiger partial charge in [-0.05, 0) is 45.0 Å². The minimum absolute atomic E-state index is 0.0205. The molecule has 1 aliphatic rings. The Balaban J connectivity index is 1.62. The fourth-order valence-electron chi connectivity index (χ4n) is 3.15. The van der Waals surface area contributed by atoms with Crippen molar-refractivity contribution in [2.24, 2.45) is 5.92 Å². The average molecular weight is 344 g/mol. The molecule has 0 N–H and O–H groups in total. The summed E-state index contributed by atoms with van der Waals surface area (Å²) in [7, 11) is 1.45. The van der Waals surface area contributed by atoms with Crippen molar-refractivity contribution in [2.45, 2.75) is 26.3 Å². The molecule has 0 aliphatic carbocycles. The zero-order valence-electron chi connectivity index (χ0n) is 14.7. The summed E-state index contributed by atoms with van der Waals surface area (Å²) in [5, 5.41) is 0. The van der Waals surface area contributed by atoms with Crippen LogP contribution in [0.1, 0.15) is 25.5 Å². The van der Waals surface area contributed by atoms with Gasteiger partial charge in [-0.15, -0.1) is 0 Å². The lowest BCUT2D eigenvalue weighted by atomic mass is 9.97. The number of hydrogen-bond donors (Lipinski definition) is 0. The largest absolute Gasteiger partial charge is 0.493 e. The molecular weight excluding hydrogens is 320 g/mol. The van der Waals surface area contributed by atoms with Crippen molar-refractivity contribution in [1.29, 1.82) is 0 Å². The monoisotopic (exact) mass is 344 g/mol. The van der Waals surface area contributed by atoms with E-state index in [1.54, 1.807) is 6.26 Å². The number of ether oxygens (including phenoxy) is 2. The lowest BCUT2D eigenvalue weighted by molar-refractivity contribution is -0.147. The molecule has 1 aromatic heterocycles. The van der Waals surface area contributed by atoms with Crippen LogP contribution in [-0.2, 0) is 16.1 Å². The van der Waals surface area contributed by atoms with Gasteiger partial charge in [0.1, 0.15) is 12.0 Å². The van der Waals surface area contributed by atoms with Crippen molar-refractivity contribution in [1.82, 2.24) is 9.88 Å². The molecule has 1 fully saturated rings. The van der Waals surface area contributed by atoms with Crippen LogP contribution in [0, 0.1) is 5.92 Å². The van der Waals surface area contributed by atoms with Crippen molar-refractivity contribution in [3.63, 3.8) is 0 Å². The zero-order chi connectivity index (χ0) is 17.6. The molecule has 3 rings (SSSR count). The SMILES string of the molecule is CCOc1ccccc1-c1nc(CN2CCC(C(=O)OC)CC2)co1. The average Bonchev–Trinajstić information content (AvgIpc) is 3.11. The van der Waals surface area contributed by atoms with Crippen molar-refractivity contribution in [3.05, 3.63) is 36.2 Å². The van der Waals surface area contributed by atoms with Crippen LogP contribution in [0.25, 0.3) is 11.5 Å². The number of rotatable bonds is 6. The van der Waals surface area contributed by atoms with Crippen molar-refractivity contribution < 1.29 is 18.7 Å². The molecule has 0 bridgehead atoms. The van der Waals surface area contributed by atoms with Gasteiger partial charge in [0, 0.05) is 6.54 Å². The van der Waals surface area contributed by atoms with Crippen molar-refractivity contribution >= 4 is 5.97 Å². The van der Waals surface area contributed by atoms with E-state index in [9.17, 15) is 4.79 Å². The predicted octanol–water partition coefficient (Wildman–Crippen LogP) is 3.13. The molecule has 25 heavy (non-hydrogen) atoms. The Morgan fingerprint density at radius 2 is 2.08 bits per heavy atom. The molecule has 0 spiro atoms. The predicted molar refractivity (Wildman–Crippen MR) is 93.1 cm³/mol. The Kier molecular flexibility index (Phi) is 5.71. The van der Waals surface area contributed by atoms with E-state index in [1.165, 1.54) is 7.11 Å². The summed E-state index contributed by atoms with van der Waals surface area (Å²) < 4.78 is 16.1. The van der Waals surface area contributed by atoms with Crippen molar-refractivity contribution in [2.75, 3.05) is 26.8 Å². The van der Waals surface area contributed by atoms with Crippen LogP contribution >= 0.6 is 0 Å². The zero-order valence-corrected chi connectivity index (χ0v) is 14.7. The van der Waals surface area contributed by atoms with Gasteiger partial charge in [-0.3, -0.25) is 9.69 Å². The van der Waals surface area contributed by atoms with Crippen LogP contribution < -0.4 is 4.74 Å². The highest BCUT2D eigenvalue weighted by Gasteiger charge is 2.26. The molecular formula is C19H24N2O4. The maximum absolute atomic E-state index is 11.6. The lowest BCUT2D eigenvalue weighted by Crippen LogP contribution is -2.36. The number of esters is 1. The summed E-state index contributed by atoms with van der Waals surface area (Å²) in [5.74, 6) is 1.27. The van der Waals surface area contributed by atoms with E-state index >= 15 is 0 Å². The van der Waals surface area contributed by atoms with Gasteiger partial charge in [0.15, 0.2) is 0 Å². The van der Waals surface area contributed by atoms with Crippen LogP contribution in [0.2, 0.25) is 0 Å². The third-order valence-corrected chi connectivity index (χ3v) is 4.48. The number of carbonyl (C=O) groups is 1. The first kappa shape index (κ1) is 17.5. The first-order valence-corrected chi connectivity index (χ1v) is 8.68. The van der Waals surface area contributed by atoms with Gasteiger partial charge >= 0.3 is 5.97 Å². The molecule has 0 saturated carbocycles. The number of piperidine rings is 1. The summed E-state index contributed by atoms with van der Waals surface area (Å²) in [6.07, 6.45) is 3.35. The fourth-order valence-corrected chi connectivity index (χ4v) is 3.15. The van der Waals surface area contributed by atoms with Crippen LogP contribution in [0.5, 0.6) is 5.75 Å². The van der Waals surface area contributed by atoms with E-state index < -0.39 is 0 Å². The van der Waals surface area contributed by atoms with E-state index in [-0.39, 0.29) is 11.9 Å². The fraction of sp³-hybridized carbons (Fsp3) is 0.474. The number of para-hydroxylation sites is 1. The minimum atomic E-state index is -0.101. The highest BCUT2D eigenvalue weighted by molar-refractivity contribution is 5.72. The molecule has 2 heterocycles. The van der Waals surface area contributed by atoms with Gasteiger partial charge in [-0.1, -0.05) is 12.1 Å². The maximum atomic E-state index is 11.6. The molecule has 1 aliphatic heterocycles. The number of aromatic nitrogens is 1. The smallest absolute Gasteiger partial charge is 0.308 e. The third kappa shape index (κ3) is 4.20. The second kappa shape index (κ2) is 8.16. The number of hydrogen-bond acceptors (Lipinski definition) is 6. The highest BCUT2D eigenvalue weighted by Crippen LogP contribution is 2.29. The summed E-state index contributed by atoms with van der Waals surface area (Å²) in [6.45, 7) is 4.98. The van der Waals surface area contributed by atoms with E-state index in [2.05, 4.69) is 9.88 Å². The van der Waals surface area contributed by atoms with E-state index in [0.29, 0.717) is 19.0 Å². The molecule has 0 radical (unpaired) electrons. The topological polar surface area (TPSA) is 64.8 Å². The first-order chi connectivity index (χ1) is 12.2. The molecule has 0 unspecified atom stereocenters. The summed E-state index contributed by atoms with van der Waals surface area (Å²) >= 11 is 0. The molecule has 6 nitrogen and oxygen atoms in total. The Labute approximate surface area is 147 Å². The summed E-state index contributed by atoms with van der Waals surface area (Å²) in [6, 6.07) is 7.74. The van der Waals surface area contributed by atoms with Gasteiger partial charge in [-0.25, -0.2) is 4.98 Å². The first-order valence-electron chi connectivity index (χ1n) is 8.68. The standard InChI is InChI=1S/C19H24N2O4/c1-3-24-17-7-5-4-6-16(17)18-20-15(13-25-18)12-21-10-8-14(9-11-21)19(22)23-2/h4-7,13-14H,3,8-12H2,1-2H3. The van der Waals surface area contributed by atoms with Crippen LogP contribution in [-0.4, -0.2) is 42.7 Å². The highest BCUT2D eigenvalue weighted by atomic mass is 16.5. The van der Waals surface area contributed by atoms with Crippen LogP contribution in [0.15, 0.2) is 34.9 Å². The lowest BCUT2D eigenvalue weighted by Gasteiger charge is -2.29. The number of benzene rings is 1. The van der Waals surface area contributed by atoms with Gasteiger partial charge in [0.05, 0.1) is 30.9 Å². The third-order valence-electron chi connectivity index (χ3n) is 4.48. The molecule has 0 atom stereocenters. The van der Waals surface area contributed by atoms with E-state index in [1.807, 2.05) is 31.2 Å². The Hall–Kier alpha value is -2.34. The Morgan fingerprint density at radius 1 is 1.32 bits per heavy atom. The quantitative estimate of drug-likeness (QED) is 0.750. The molecule has 2 aromatic rings. The second-order valence-corrected chi connectivity index (χ2v) is 6.15. The minimum Gasteiger partial charge on any atom is -0.493 e. The Bertz CT molecular complexity index is 705. The summed E-state index contributed by atoms with van der Waals surface area (Å²) in [4.78, 5) is 18.5. The number of methoxy groups -OCH3 is 1. The Morgan fingerprint density at radius 3 is 2.80 bits per heavy atom. The normalized spacial score (nSPS) is 15.9. The van der Waals surface area contributed by atoms with E-state index in [4.69, 9.17) is 13.9 Å². The molecule has 134 valence electrons. The molecule has 6 heteroatoms. The molecule has 1 saturated heterocycles. The van der Waals surface area contributed by atoms with Crippen LogP contribution in [0.3, 0.4) is 0 Å². The van der Waals surface area contributed by atoms with Gasteiger partial charge in [-0.2, -0.15) is 0 Å². The maximum Gasteiger partial charge on any atom is 0.308 e. The number of carbonyl (C=O) groups excluding carboxylic acids is 1. The number of oxazole rings is 1. The number of nitrogens with zero attached hydrogens (tertiary/aromatic N) is 2. The number of likely N-dealkylation sites (tertiary alicyclic amines) is 1. The van der Waals surface area contributed by atoms with Gasteiger partial charge in [0.2, 0.25) is 5.89 Å². The molecule has 0 amide bonds. The van der Waals surface area contributed by atoms with Crippen LogP contribution in [0.4, 0.5) is 0 Å². The van der Waals surface area contributed by atoms with Crippen molar-refractivity contribution in [3.8, 4) is 17.2 Å². The van der Waals surface area contributed by atoms with E-state index in [0.717, 1.165) is 42.9 Å².